The Balaban J connectivity index is 1.37. The minimum atomic E-state index is -0.647. The molecule has 1 aromatic heterocycles. The summed E-state index contributed by atoms with van der Waals surface area (Å²) < 4.78 is 7.58. The number of piperidine rings is 1. The van der Waals surface area contributed by atoms with Gasteiger partial charge >= 0.3 is 0 Å². The summed E-state index contributed by atoms with van der Waals surface area (Å²) in [5.74, 6) is -0.0178. The van der Waals surface area contributed by atoms with Crippen LogP contribution >= 0.6 is 0 Å². The average Bonchev–Trinajstić information content (AvgIpc) is 3.32. The Morgan fingerprint density at radius 2 is 1.69 bits per heavy atom. The van der Waals surface area contributed by atoms with Crippen LogP contribution in [0.3, 0.4) is 0 Å². The number of benzene rings is 2. The van der Waals surface area contributed by atoms with Crippen LogP contribution in [0.15, 0.2) is 73.1 Å². The Bertz CT molecular complexity index is 902. The summed E-state index contributed by atoms with van der Waals surface area (Å²) in [5, 5.41) is 10.8. The van der Waals surface area contributed by atoms with E-state index >= 15 is 0 Å². The molecule has 2 aromatic carbocycles. The standard InChI is InChI=1S/C23H26N4O2/c28-22(23(11-14-24-15-12-23)27-16-4-13-25-27)26-21-9-7-20(8-10-21)18-29-17-19-5-2-1-3-6-19/h1-10,13,16,24H,11-12,14-15,17-18H2,(H,26,28). The molecule has 1 saturated heterocycles. The van der Waals surface area contributed by atoms with Crippen LogP contribution in [0.1, 0.15) is 24.0 Å². The molecule has 0 unspecified atom stereocenters. The molecule has 6 nitrogen and oxygen atoms in total. The highest BCUT2D eigenvalue weighted by atomic mass is 16.5. The van der Waals surface area contributed by atoms with Crippen molar-refractivity contribution in [2.75, 3.05) is 18.4 Å². The zero-order valence-corrected chi connectivity index (χ0v) is 16.4. The van der Waals surface area contributed by atoms with Crippen LogP contribution in [-0.2, 0) is 28.3 Å². The molecule has 2 heterocycles. The van der Waals surface area contributed by atoms with E-state index in [2.05, 4.69) is 27.9 Å². The summed E-state index contributed by atoms with van der Waals surface area (Å²) in [4.78, 5) is 13.2. The molecule has 0 aliphatic carbocycles. The number of aromatic nitrogens is 2. The summed E-state index contributed by atoms with van der Waals surface area (Å²) in [7, 11) is 0. The van der Waals surface area contributed by atoms with Crippen LogP contribution in [0.5, 0.6) is 0 Å². The van der Waals surface area contributed by atoms with Crippen molar-refractivity contribution >= 4 is 11.6 Å². The van der Waals surface area contributed by atoms with Crippen molar-refractivity contribution in [1.29, 1.82) is 0 Å². The molecule has 0 bridgehead atoms. The van der Waals surface area contributed by atoms with E-state index in [-0.39, 0.29) is 5.91 Å². The summed E-state index contributed by atoms with van der Waals surface area (Å²) in [6.07, 6.45) is 5.03. The van der Waals surface area contributed by atoms with Crippen molar-refractivity contribution in [3.05, 3.63) is 84.2 Å². The predicted octanol–water partition coefficient (Wildman–Crippen LogP) is 3.32. The van der Waals surface area contributed by atoms with Gasteiger partial charge in [0.15, 0.2) is 0 Å². The Morgan fingerprint density at radius 1 is 1.00 bits per heavy atom. The molecule has 29 heavy (non-hydrogen) atoms. The first-order chi connectivity index (χ1) is 14.3. The molecular formula is C23H26N4O2. The molecule has 0 atom stereocenters. The molecule has 150 valence electrons. The number of hydrogen-bond acceptors (Lipinski definition) is 4. The summed E-state index contributed by atoms with van der Waals surface area (Å²) in [6, 6.07) is 19.8. The maximum absolute atomic E-state index is 13.2. The number of ether oxygens (including phenoxy) is 1. The molecule has 1 amide bonds. The van der Waals surface area contributed by atoms with Crippen molar-refractivity contribution in [3.63, 3.8) is 0 Å². The van der Waals surface area contributed by atoms with Crippen molar-refractivity contribution in [1.82, 2.24) is 15.1 Å². The van der Waals surface area contributed by atoms with Crippen LogP contribution in [0.25, 0.3) is 0 Å². The van der Waals surface area contributed by atoms with Gasteiger partial charge in [-0.25, -0.2) is 0 Å². The number of nitrogens with zero attached hydrogens (tertiary/aromatic N) is 2. The fourth-order valence-electron chi connectivity index (χ4n) is 3.72. The van der Waals surface area contributed by atoms with Crippen molar-refractivity contribution in [3.8, 4) is 0 Å². The Hall–Kier alpha value is -2.96. The molecule has 3 aromatic rings. The van der Waals surface area contributed by atoms with Gasteiger partial charge in [0.25, 0.3) is 5.91 Å². The Labute approximate surface area is 170 Å². The highest BCUT2D eigenvalue weighted by molar-refractivity contribution is 5.96. The number of hydrogen-bond donors (Lipinski definition) is 2. The molecule has 4 rings (SSSR count). The lowest BCUT2D eigenvalue weighted by atomic mass is 9.87. The van der Waals surface area contributed by atoms with E-state index in [1.165, 1.54) is 0 Å². The van der Waals surface area contributed by atoms with Gasteiger partial charge in [0.1, 0.15) is 5.54 Å². The van der Waals surface area contributed by atoms with Gasteiger partial charge in [-0.05, 0) is 55.3 Å². The van der Waals surface area contributed by atoms with E-state index in [0.717, 1.165) is 29.9 Å². The zero-order valence-electron chi connectivity index (χ0n) is 16.4. The Morgan fingerprint density at radius 3 is 2.34 bits per heavy atom. The van der Waals surface area contributed by atoms with Gasteiger partial charge in [-0.2, -0.15) is 5.10 Å². The topological polar surface area (TPSA) is 68.2 Å². The van der Waals surface area contributed by atoms with E-state index in [1.807, 2.05) is 54.7 Å². The van der Waals surface area contributed by atoms with Gasteiger partial charge < -0.3 is 15.4 Å². The SMILES string of the molecule is O=C(Nc1ccc(COCc2ccccc2)cc1)C1(n2cccn2)CCNCC1. The van der Waals surface area contributed by atoms with Crippen LogP contribution in [0.2, 0.25) is 0 Å². The molecule has 1 aliphatic heterocycles. The zero-order chi connectivity index (χ0) is 19.9. The van der Waals surface area contributed by atoms with Gasteiger partial charge in [-0.15, -0.1) is 0 Å². The predicted molar refractivity (Wildman–Crippen MR) is 112 cm³/mol. The summed E-state index contributed by atoms with van der Waals surface area (Å²) in [5.41, 5.74) is 2.36. The Kier molecular flexibility index (Phi) is 6.03. The molecule has 1 fully saturated rings. The normalized spacial score (nSPS) is 15.7. The molecule has 1 aliphatic rings. The van der Waals surface area contributed by atoms with Gasteiger partial charge in [0.2, 0.25) is 0 Å². The monoisotopic (exact) mass is 390 g/mol. The summed E-state index contributed by atoms with van der Waals surface area (Å²) >= 11 is 0. The van der Waals surface area contributed by atoms with Crippen LogP contribution in [0.4, 0.5) is 5.69 Å². The third-order valence-electron chi connectivity index (χ3n) is 5.39. The first-order valence-corrected chi connectivity index (χ1v) is 9.99. The largest absolute Gasteiger partial charge is 0.372 e. The maximum Gasteiger partial charge on any atom is 0.252 e. The smallest absolute Gasteiger partial charge is 0.252 e. The number of nitrogens with one attached hydrogen (secondary N) is 2. The minimum Gasteiger partial charge on any atom is -0.372 e. The molecular weight excluding hydrogens is 364 g/mol. The van der Waals surface area contributed by atoms with E-state index in [4.69, 9.17) is 4.74 Å². The second-order valence-electron chi connectivity index (χ2n) is 7.36. The second kappa shape index (κ2) is 9.03. The quantitative estimate of drug-likeness (QED) is 0.649. The van der Waals surface area contributed by atoms with Gasteiger partial charge in [0, 0.05) is 18.1 Å². The fraction of sp³-hybridized carbons (Fsp3) is 0.304. The second-order valence-corrected chi connectivity index (χ2v) is 7.36. The molecule has 2 N–H and O–H groups in total. The van der Waals surface area contributed by atoms with Gasteiger partial charge in [-0.3, -0.25) is 9.48 Å². The van der Waals surface area contributed by atoms with Crippen molar-refractivity contribution in [2.45, 2.75) is 31.6 Å². The molecule has 0 saturated carbocycles. The van der Waals surface area contributed by atoms with Crippen molar-refractivity contribution < 1.29 is 9.53 Å². The molecule has 6 heteroatoms. The van der Waals surface area contributed by atoms with Crippen LogP contribution in [-0.4, -0.2) is 28.8 Å². The van der Waals surface area contributed by atoms with E-state index < -0.39 is 5.54 Å². The first kappa shape index (κ1) is 19.4. The van der Waals surface area contributed by atoms with E-state index in [1.54, 1.807) is 10.9 Å². The highest BCUT2D eigenvalue weighted by Gasteiger charge is 2.42. The number of rotatable bonds is 7. The van der Waals surface area contributed by atoms with E-state index in [9.17, 15) is 4.79 Å². The third-order valence-corrected chi connectivity index (χ3v) is 5.39. The maximum atomic E-state index is 13.2. The lowest BCUT2D eigenvalue weighted by Crippen LogP contribution is -2.52. The number of amides is 1. The highest BCUT2D eigenvalue weighted by Crippen LogP contribution is 2.28. The number of carbonyl (C=O) groups excluding carboxylic acids is 1. The lowest BCUT2D eigenvalue weighted by molar-refractivity contribution is -0.126. The van der Waals surface area contributed by atoms with Crippen LogP contribution in [0, 0.1) is 0 Å². The minimum absolute atomic E-state index is 0.0178. The lowest BCUT2D eigenvalue weighted by Gasteiger charge is -2.36. The third kappa shape index (κ3) is 4.55. The molecule has 0 spiro atoms. The summed E-state index contributed by atoms with van der Waals surface area (Å²) in [6.45, 7) is 2.71. The van der Waals surface area contributed by atoms with Gasteiger partial charge in [0.05, 0.1) is 13.2 Å². The van der Waals surface area contributed by atoms with Crippen LogP contribution < -0.4 is 10.6 Å². The average molecular weight is 390 g/mol. The molecule has 0 radical (unpaired) electrons. The van der Waals surface area contributed by atoms with Gasteiger partial charge in [-0.1, -0.05) is 42.5 Å². The number of anilines is 1. The first-order valence-electron chi connectivity index (χ1n) is 9.99. The van der Waals surface area contributed by atoms with Crippen molar-refractivity contribution in [2.24, 2.45) is 0 Å². The van der Waals surface area contributed by atoms with E-state index in [0.29, 0.717) is 26.1 Å². The fourth-order valence-corrected chi connectivity index (χ4v) is 3.72. The number of carbonyl (C=O) groups is 1.